The van der Waals surface area contributed by atoms with Gasteiger partial charge < -0.3 is 19.3 Å². The Kier molecular flexibility index (Phi) is 4.52. The summed E-state index contributed by atoms with van der Waals surface area (Å²) in [5.41, 5.74) is 0.716. The van der Waals surface area contributed by atoms with E-state index < -0.39 is 5.97 Å². The Bertz CT molecular complexity index is 876. The largest absolute Gasteiger partial charge is 0.493 e. The Hall–Kier alpha value is -2.80. The molecule has 24 heavy (non-hydrogen) atoms. The lowest BCUT2D eigenvalue weighted by Gasteiger charge is -2.09. The number of hydrogen-bond donors (Lipinski definition) is 1. The fourth-order valence-corrected chi connectivity index (χ4v) is 3.31. The van der Waals surface area contributed by atoms with Crippen molar-refractivity contribution < 1.29 is 24.1 Å². The molecule has 0 radical (unpaired) electrons. The van der Waals surface area contributed by atoms with E-state index in [0.29, 0.717) is 28.3 Å². The minimum absolute atomic E-state index is 0.135. The van der Waals surface area contributed by atoms with Crippen molar-refractivity contribution in [3.8, 4) is 17.2 Å². The summed E-state index contributed by atoms with van der Waals surface area (Å²) in [5, 5.41) is 10.1. The Morgan fingerprint density at radius 3 is 2.58 bits per heavy atom. The number of carbonyl (C=O) groups is 1. The van der Waals surface area contributed by atoms with Gasteiger partial charge in [-0.25, -0.2) is 4.79 Å². The van der Waals surface area contributed by atoms with Crippen LogP contribution in [0.15, 0.2) is 36.5 Å². The molecule has 0 aliphatic rings. The number of nitrogens with zero attached hydrogens (tertiary/aromatic N) is 1. The quantitative estimate of drug-likeness (QED) is 0.735. The van der Waals surface area contributed by atoms with Gasteiger partial charge in [0.1, 0.15) is 6.61 Å². The second kappa shape index (κ2) is 6.76. The molecule has 7 heteroatoms. The second-order valence-electron chi connectivity index (χ2n) is 4.88. The highest BCUT2D eigenvalue weighted by Gasteiger charge is 2.21. The van der Waals surface area contributed by atoms with Gasteiger partial charge in [0.15, 0.2) is 22.1 Å². The van der Waals surface area contributed by atoms with Crippen LogP contribution in [0, 0.1) is 0 Å². The molecule has 3 aromatic rings. The third-order valence-electron chi connectivity index (χ3n) is 3.43. The number of rotatable bonds is 6. The van der Waals surface area contributed by atoms with Gasteiger partial charge >= 0.3 is 5.97 Å². The monoisotopic (exact) mass is 345 g/mol. The van der Waals surface area contributed by atoms with Crippen LogP contribution in [0.4, 0.5) is 0 Å². The van der Waals surface area contributed by atoms with Crippen LogP contribution in [-0.2, 0) is 6.61 Å². The van der Waals surface area contributed by atoms with Gasteiger partial charge in [0.05, 0.1) is 19.9 Å². The second-order valence-corrected chi connectivity index (χ2v) is 5.93. The van der Waals surface area contributed by atoms with E-state index in [0.717, 1.165) is 16.0 Å². The molecule has 6 nitrogen and oxygen atoms in total. The van der Waals surface area contributed by atoms with Crippen molar-refractivity contribution in [2.24, 2.45) is 0 Å². The molecule has 2 aromatic heterocycles. The number of ether oxygens (including phenoxy) is 3. The topological polar surface area (TPSA) is 77.9 Å². The Morgan fingerprint density at radius 2 is 1.96 bits per heavy atom. The van der Waals surface area contributed by atoms with Crippen molar-refractivity contribution >= 4 is 27.4 Å². The van der Waals surface area contributed by atoms with E-state index in [4.69, 9.17) is 14.2 Å². The lowest BCUT2D eigenvalue weighted by molar-refractivity contribution is 0.0697. The standard InChI is InChI=1S/C17H15NO5S/c1-21-12-7-11-14(8-13(12)22-2)24-16(17(19)20)15(11)23-9-10-5-3-4-6-18-10/h3-8H,9H2,1-2H3,(H,19,20). The van der Waals surface area contributed by atoms with Gasteiger partial charge in [-0.05, 0) is 18.2 Å². The minimum atomic E-state index is -1.04. The molecule has 1 aromatic carbocycles. The third-order valence-corrected chi connectivity index (χ3v) is 4.56. The van der Waals surface area contributed by atoms with E-state index in [-0.39, 0.29) is 11.5 Å². The van der Waals surface area contributed by atoms with Crippen molar-refractivity contribution in [2.45, 2.75) is 6.61 Å². The molecule has 0 saturated heterocycles. The average Bonchev–Trinajstić information content (AvgIpc) is 2.97. The van der Waals surface area contributed by atoms with E-state index in [9.17, 15) is 9.90 Å². The highest BCUT2D eigenvalue weighted by Crippen LogP contribution is 2.43. The minimum Gasteiger partial charge on any atom is -0.493 e. The maximum Gasteiger partial charge on any atom is 0.349 e. The van der Waals surface area contributed by atoms with Gasteiger partial charge in [-0.2, -0.15) is 0 Å². The predicted octanol–water partition coefficient (Wildman–Crippen LogP) is 3.59. The number of methoxy groups -OCH3 is 2. The lowest BCUT2D eigenvalue weighted by atomic mass is 10.2. The molecule has 0 bridgehead atoms. The molecule has 0 saturated carbocycles. The van der Waals surface area contributed by atoms with Gasteiger partial charge in [0.25, 0.3) is 0 Å². The number of benzene rings is 1. The van der Waals surface area contributed by atoms with Gasteiger partial charge in [-0.15, -0.1) is 11.3 Å². The van der Waals surface area contributed by atoms with Crippen molar-refractivity contribution in [3.05, 3.63) is 47.1 Å². The van der Waals surface area contributed by atoms with Gasteiger partial charge in [0, 0.05) is 22.3 Å². The summed E-state index contributed by atoms with van der Waals surface area (Å²) in [6, 6.07) is 8.95. The number of thiophene rings is 1. The molecule has 0 fully saturated rings. The highest BCUT2D eigenvalue weighted by molar-refractivity contribution is 7.21. The summed E-state index contributed by atoms with van der Waals surface area (Å²) >= 11 is 1.14. The summed E-state index contributed by atoms with van der Waals surface area (Å²) in [5.74, 6) is 0.334. The van der Waals surface area contributed by atoms with Crippen LogP contribution >= 0.6 is 11.3 Å². The summed E-state index contributed by atoms with van der Waals surface area (Å²) in [7, 11) is 3.07. The Labute approximate surface area is 142 Å². The molecule has 0 aliphatic carbocycles. The zero-order valence-corrected chi connectivity index (χ0v) is 13.9. The van der Waals surface area contributed by atoms with E-state index in [1.54, 1.807) is 18.3 Å². The van der Waals surface area contributed by atoms with Crippen LogP contribution < -0.4 is 14.2 Å². The number of carboxylic acids is 1. The molecule has 0 spiro atoms. The highest BCUT2D eigenvalue weighted by atomic mass is 32.1. The maximum absolute atomic E-state index is 11.6. The Morgan fingerprint density at radius 1 is 1.21 bits per heavy atom. The molecule has 0 unspecified atom stereocenters. The molecular weight excluding hydrogens is 330 g/mol. The molecule has 124 valence electrons. The number of fused-ring (bicyclic) bond motifs is 1. The predicted molar refractivity (Wildman–Crippen MR) is 90.5 cm³/mol. The normalized spacial score (nSPS) is 10.6. The van der Waals surface area contributed by atoms with Crippen LogP contribution in [0.2, 0.25) is 0 Å². The summed E-state index contributed by atoms with van der Waals surface area (Å²) in [6.45, 7) is 0.182. The Balaban J connectivity index is 2.06. The first-order valence-corrected chi connectivity index (χ1v) is 7.90. The fraction of sp³-hybridized carbons (Fsp3) is 0.176. The van der Waals surface area contributed by atoms with E-state index in [1.807, 2.05) is 18.2 Å². The zero-order valence-electron chi connectivity index (χ0n) is 13.1. The number of carboxylic acid groups (broad SMARTS) is 1. The average molecular weight is 345 g/mol. The number of aromatic nitrogens is 1. The zero-order chi connectivity index (χ0) is 17.1. The smallest absolute Gasteiger partial charge is 0.349 e. The summed E-state index contributed by atoms with van der Waals surface area (Å²) in [4.78, 5) is 15.9. The van der Waals surface area contributed by atoms with Crippen LogP contribution in [0.3, 0.4) is 0 Å². The number of pyridine rings is 1. The molecule has 2 heterocycles. The van der Waals surface area contributed by atoms with Gasteiger partial charge in [-0.1, -0.05) is 6.07 Å². The van der Waals surface area contributed by atoms with Crippen LogP contribution in [0.25, 0.3) is 10.1 Å². The molecule has 1 N–H and O–H groups in total. The molecule has 3 rings (SSSR count). The van der Waals surface area contributed by atoms with Crippen molar-refractivity contribution in [2.75, 3.05) is 14.2 Å². The van der Waals surface area contributed by atoms with E-state index >= 15 is 0 Å². The third kappa shape index (κ3) is 2.98. The van der Waals surface area contributed by atoms with Gasteiger partial charge in [-0.3, -0.25) is 4.98 Å². The van der Waals surface area contributed by atoms with Crippen molar-refractivity contribution in [1.82, 2.24) is 4.98 Å². The van der Waals surface area contributed by atoms with E-state index in [2.05, 4.69) is 4.98 Å². The van der Waals surface area contributed by atoms with E-state index in [1.165, 1.54) is 14.2 Å². The van der Waals surface area contributed by atoms with Crippen molar-refractivity contribution in [3.63, 3.8) is 0 Å². The molecule has 0 aliphatic heterocycles. The number of aromatic carboxylic acids is 1. The molecule has 0 amide bonds. The first-order chi connectivity index (χ1) is 11.6. The molecule has 0 atom stereocenters. The fourth-order valence-electron chi connectivity index (χ4n) is 2.31. The van der Waals surface area contributed by atoms with Crippen LogP contribution in [-0.4, -0.2) is 30.3 Å². The maximum atomic E-state index is 11.6. The lowest BCUT2D eigenvalue weighted by Crippen LogP contribution is -2.01. The summed E-state index contributed by atoms with van der Waals surface area (Å²) < 4.78 is 17.1. The van der Waals surface area contributed by atoms with Crippen LogP contribution in [0.5, 0.6) is 17.2 Å². The van der Waals surface area contributed by atoms with Crippen molar-refractivity contribution in [1.29, 1.82) is 0 Å². The first kappa shape index (κ1) is 16.1. The SMILES string of the molecule is COc1cc2sc(C(=O)O)c(OCc3ccccn3)c2cc1OC. The van der Waals surface area contributed by atoms with Crippen LogP contribution in [0.1, 0.15) is 15.4 Å². The molecular formula is C17H15NO5S. The van der Waals surface area contributed by atoms with Gasteiger partial charge in [0.2, 0.25) is 0 Å². The summed E-state index contributed by atoms with van der Waals surface area (Å²) in [6.07, 6.45) is 1.66. The first-order valence-electron chi connectivity index (χ1n) is 7.08. The number of hydrogen-bond acceptors (Lipinski definition) is 6.